The molecule has 2 heterocycles. The maximum Gasteiger partial charge on any atom is 0.241 e. The van der Waals surface area contributed by atoms with Gasteiger partial charge in [-0.15, -0.1) is 0 Å². The second-order valence-electron chi connectivity index (χ2n) is 8.98. The number of hydrogen-bond acceptors (Lipinski definition) is 3. The number of fused-ring (bicyclic) bond motifs is 1. The number of carbonyl (C=O) groups excluding carboxylic acids is 1. The molecule has 1 atom stereocenters. The molecule has 3 aromatic rings. The molecule has 2 aliphatic rings. The van der Waals surface area contributed by atoms with Gasteiger partial charge in [-0.3, -0.25) is 14.6 Å². The topological polar surface area (TPSA) is 26.8 Å². The van der Waals surface area contributed by atoms with Crippen LogP contribution in [0.5, 0.6) is 0 Å². The van der Waals surface area contributed by atoms with Gasteiger partial charge in [-0.2, -0.15) is 0 Å². The van der Waals surface area contributed by atoms with E-state index in [-0.39, 0.29) is 18.0 Å². The molecule has 0 unspecified atom stereocenters. The number of amides is 1. The van der Waals surface area contributed by atoms with Crippen molar-refractivity contribution < 1.29 is 4.79 Å². The third-order valence-electron chi connectivity index (χ3n) is 6.84. The quantitative estimate of drug-likeness (QED) is 0.607. The van der Waals surface area contributed by atoms with E-state index < -0.39 is 0 Å². The van der Waals surface area contributed by atoms with E-state index in [1.807, 2.05) is 11.0 Å². The lowest BCUT2D eigenvalue weighted by Gasteiger charge is -2.40. The van der Waals surface area contributed by atoms with Gasteiger partial charge in [0.2, 0.25) is 5.91 Å². The van der Waals surface area contributed by atoms with Crippen molar-refractivity contribution in [2.75, 3.05) is 37.6 Å². The summed E-state index contributed by atoms with van der Waals surface area (Å²) in [5.41, 5.74) is 5.03. The molecule has 4 heteroatoms. The van der Waals surface area contributed by atoms with E-state index in [2.05, 4.69) is 95.6 Å². The van der Waals surface area contributed by atoms with Crippen LogP contribution < -0.4 is 4.90 Å². The van der Waals surface area contributed by atoms with Crippen LogP contribution in [0, 0.1) is 0 Å². The third-order valence-corrected chi connectivity index (χ3v) is 6.84. The summed E-state index contributed by atoms with van der Waals surface area (Å²) < 4.78 is 0. The summed E-state index contributed by atoms with van der Waals surface area (Å²) >= 11 is 0. The zero-order valence-electron chi connectivity index (χ0n) is 18.7. The third kappa shape index (κ3) is 4.21. The van der Waals surface area contributed by atoms with Crippen molar-refractivity contribution in [1.29, 1.82) is 0 Å². The molecular weight excluding hydrogens is 394 g/mol. The van der Waals surface area contributed by atoms with E-state index in [9.17, 15) is 4.79 Å². The first-order valence-corrected chi connectivity index (χ1v) is 11.7. The standard InChI is InChI=1S/C28H31N3O/c1-22-20-25-14-8-9-15-26(25)31(22)27(32)21-29-16-18-30(19-17-29)28(23-10-4-2-5-11-23)24-12-6-3-7-13-24/h2-15,22,28H,16-21H2,1H3/t22-/m0/s1. The number of rotatable bonds is 5. The van der Waals surface area contributed by atoms with Crippen molar-refractivity contribution in [2.24, 2.45) is 0 Å². The Balaban J connectivity index is 1.26. The Hall–Kier alpha value is -2.95. The highest BCUT2D eigenvalue weighted by molar-refractivity contribution is 5.97. The van der Waals surface area contributed by atoms with E-state index >= 15 is 0 Å². The normalized spacial score (nSPS) is 19.3. The highest BCUT2D eigenvalue weighted by Gasteiger charge is 2.32. The van der Waals surface area contributed by atoms with Crippen molar-refractivity contribution in [3.05, 3.63) is 102 Å². The molecule has 0 saturated carbocycles. The maximum absolute atomic E-state index is 13.2. The number of para-hydroxylation sites is 1. The Bertz CT molecular complexity index is 1010. The molecule has 32 heavy (non-hydrogen) atoms. The van der Waals surface area contributed by atoms with Crippen LogP contribution in [-0.4, -0.2) is 54.5 Å². The zero-order chi connectivity index (χ0) is 21.9. The molecule has 5 rings (SSSR count). The highest BCUT2D eigenvalue weighted by atomic mass is 16.2. The van der Waals surface area contributed by atoms with Gasteiger partial charge in [-0.05, 0) is 36.1 Å². The monoisotopic (exact) mass is 425 g/mol. The Morgan fingerprint density at radius 3 is 2.00 bits per heavy atom. The molecule has 0 aromatic heterocycles. The smallest absolute Gasteiger partial charge is 0.241 e. The summed E-state index contributed by atoms with van der Waals surface area (Å²) in [4.78, 5) is 20.1. The molecule has 0 radical (unpaired) electrons. The second-order valence-corrected chi connectivity index (χ2v) is 8.98. The van der Waals surface area contributed by atoms with Crippen LogP contribution >= 0.6 is 0 Å². The van der Waals surface area contributed by atoms with Gasteiger partial charge in [-0.1, -0.05) is 78.9 Å². The highest BCUT2D eigenvalue weighted by Crippen LogP contribution is 2.32. The van der Waals surface area contributed by atoms with Gasteiger partial charge >= 0.3 is 0 Å². The predicted octanol–water partition coefficient (Wildman–Crippen LogP) is 4.37. The second kappa shape index (κ2) is 9.27. The number of carbonyl (C=O) groups is 1. The van der Waals surface area contributed by atoms with Gasteiger partial charge in [0, 0.05) is 37.9 Å². The van der Waals surface area contributed by atoms with Crippen LogP contribution in [0.3, 0.4) is 0 Å². The van der Waals surface area contributed by atoms with Crippen LogP contribution in [0.1, 0.15) is 29.7 Å². The Morgan fingerprint density at radius 1 is 0.812 bits per heavy atom. The molecule has 164 valence electrons. The largest absolute Gasteiger partial charge is 0.308 e. The van der Waals surface area contributed by atoms with Crippen molar-refractivity contribution in [3.63, 3.8) is 0 Å². The number of piperazine rings is 1. The van der Waals surface area contributed by atoms with E-state index in [0.717, 1.165) is 38.3 Å². The van der Waals surface area contributed by atoms with Crippen molar-refractivity contribution in [3.8, 4) is 0 Å². The fraction of sp³-hybridized carbons (Fsp3) is 0.321. The van der Waals surface area contributed by atoms with Gasteiger partial charge in [0.05, 0.1) is 12.6 Å². The van der Waals surface area contributed by atoms with Crippen LogP contribution in [0.2, 0.25) is 0 Å². The predicted molar refractivity (Wildman–Crippen MR) is 130 cm³/mol. The lowest BCUT2D eigenvalue weighted by molar-refractivity contribution is -0.120. The van der Waals surface area contributed by atoms with Crippen LogP contribution in [0.25, 0.3) is 0 Å². The molecule has 0 spiro atoms. The van der Waals surface area contributed by atoms with Gasteiger partial charge in [0.15, 0.2) is 0 Å². The summed E-state index contributed by atoms with van der Waals surface area (Å²) in [5.74, 6) is 0.221. The minimum Gasteiger partial charge on any atom is -0.308 e. The van der Waals surface area contributed by atoms with Gasteiger partial charge in [-0.25, -0.2) is 0 Å². The van der Waals surface area contributed by atoms with Crippen LogP contribution in [0.4, 0.5) is 5.69 Å². The average molecular weight is 426 g/mol. The summed E-state index contributed by atoms with van der Waals surface area (Å²) in [6, 6.07) is 30.3. The number of hydrogen-bond donors (Lipinski definition) is 0. The lowest BCUT2D eigenvalue weighted by atomic mass is 9.96. The molecular formula is C28H31N3O. The Kier molecular flexibility index (Phi) is 6.06. The van der Waals surface area contributed by atoms with Crippen LogP contribution in [0.15, 0.2) is 84.9 Å². The van der Waals surface area contributed by atoms with Gasteiger partial charge in [0.1, 0.15) is 0 Å². The average Bonchev–Trinajstić information content (AvgIpc) is 3.17. The first-order chi connectivity index (χ1) is 15.7. The molecule has 2 aliphatic heterocycles. The number of anilines is 1. The first-order valence-electron chi connectivity index (χ1n) is 11.7. The van der Waals surface area contributed by atoms with Crippen molar-refractivity contribution >= 4 is 11.6 Å². The molecule has 3 aromatic carbocycles. The zero-order valence-corrected chi connectivity index (χ0v) is 18.7. The van der Waals surface area contributed by atoms with E-state index in [0.29, 0.717) is 6.54 Å². The minimum atomic E-state index is 0.221. The van der Waals surface area contributed by atoms with E-state index in [4.69, 9.17) is 0 Å². The maximum atomic E-state index is 13.2. The molecule has 1 fully saturated rings. The lowest BCUT2D eigenvalue weighted by Crippen LogP contribution is -2.51. The molecule has 1 saturated heterocycles. The minimum absolute atomic E-state index is 0.221. The SMILES string of the molecule is C[C@H]1Cc2ccccc2N1C(=O)CN1CCN(C(c2ccccc2)c2ccccc2)CC1. The summed E-state index contributed by atoms with van der Waals surface area (Å²) in [6.45, 7) is 6.37. The summed E-state index contributed by atoms with van der Waals surface area (Å²) in [6.07, 6.45) is 0.950. The first kappa shape index (κ1) is 20.9. The van der Waals surface area contributed by atoms with E-state index in [1.165, 1.54) is 16.7 Å². The van der Waals surface area contributed by atoms with E-state index in [1.54, 1.807) is 0 Å². The molecule has 1 amide bonds. The number of benzene rings is 3. The molecule has 0 bridgehead atoms. The molecule has 4 nitrogen and oxygen atoms in total. The fourth-order valence-electron chi connectivity index (χ4n) is 5.28. The van der Waals surface area contributed by atoms with Crippen molar-refractivity contribution in [1.82, 2.24) is 9.80 Å². The molecule has 0 aliphatic carbocycles. The Labute approximate surface area is 191 Å². The van der Waals surface area contributed by atoms with Crippen LogP contribution in [-0.2, 0) is 11.2 Å². The Morgan fingerprint density at radius 2 is 1.38 bits per heavy atom. The van der Waals surface area contributed by atoms with Crippen molar-refractivity contribution in [2.45, 2.75) is 25.4 Å². The van der Waals surface area contributed by atoms with Gasteiger partial charge < -0.3 is 4.90 Å². The number of nitrogens with zero attached hydrogens (tertiary/aromatic N) is 3. The summed E-state index contributed by atoms with van der Waals surface area (Å²) in [5, 5.41) is 0. The fourth-order valence-corrected chi connectivity index (χ4v) is 5.28. The molecule has 0 N–H and O–H groups in total. The summed E-state index contributed by atoms with van der Waals surface area (Å²) in [7, 11) is 0. The van der Waals surface area contributed by atoms with Gasteiger partial charge in [0.25, 0.3) is 0 Å².